The predicted molar refractivity (Wildman–Crippen MR) is 128 cm³/mol. The lowest BCUT2D eigenvalue weighted by Crippen LogP contribution is -2.20. The molecule has 2 aromatic carbocycles. The van der Waals surface area contributed by atoms with Crippen molar-refractivity contribution >= 4 is 37.3 Å². The Morgan fingerprint density at radius 3 is 2.59 bits per heavy atom. The molecular weight excluding hydrogens is 428 g/mol. The van der Waals surface area contributed by atoms with E-state index in [2.05, 4.69) is 0 Å². The van der Waals surface area contributed by atoms with Crippen LogP contribution in [0.1, 0.15) is 20.3 Å². The zero-order chi connectivity index (χ0) is 22.9. The van der Waals surface area contributed by atoms with E-state index in [9.17, 15) is 9.59 Å². The Morgan fingerprint density at radius 2 is 1.78 bits per heavy atom. The van der Waals surface area contributed by atoms with Crippen LogP contribution in [0.25, 0.3) is 20.2 Å². The van der Waals surface area contributed by atoms with E-state index in [0.29, 0.717) is 49.4 Å². The van der Waals surface area contributed by atoms with Crippen LogP contribution in [-0.4, -0.2) is 52.0 Å². The van der Waals surface area contributed by atoms with Crippen molar-refractivity contribution in [3.63, 3.8) is 0 Å². The molecule has 0 N–H and O–H groups in total. The smallest absolute Gasteiger partial charge is 0.196 e. The van der Waals surface area contributed by atoms with Crippen molar-refractivity contribution in [3.05, 3.63) is 52.7 Å². The van der Waals surface area contributed by atoms with E-state index in [4.69, 9.17) is 18.9 Å². The molecule has 0 bridgehead atoms. The van der Waals surface area contributed by atoms with Crippen LogP contribution in [0.4, 0.5) is 0 Å². The first-order chi connectivity index (χ1) is 15.5. The quantitative estimate of drug-likeness (QED) is 0.278. The fraction of sp³-hybridized carbons (Fsp3) is 0.440. The highest BCUT2D eigenvalue weighted by molar-refractivity contribution is 7.24. The second-order valence-electron chi connectivity index (χ2n) is 7.93. The number of carbonyl (C=O) groups is 1. The number of Topliss-reactive ketones (excluding diaryl/α,β-unsaturated/α-hetero) is 1. The average Bonchev–Trinajstić information content (AvgIpc) is 2.78. The van der Waals surface area contributed by atoms with Gasteiger partial charge < -0.3 is 18.9 Å². The third kappa shape index (κ3) is 6.84. The molecule has 0 aliphatic heterocycles. The highest BCUT2D eigenvalue weighted by Gasteiger charge is 2.12. The largest absolute Gasteiger partial charge is 0.486 e. The fourth-order valence-electron chi connectivity index (χ4n) is 3.42. The van der Waals surface area contributed by atoms with Crippen LogP contribution in [0.3, 0.4) is 0 Å². The minimum atomic E-state index is -0.0291. The van der Waals surface area contributed by atoms with Crippen LogP contribution in [0, 0.1) is 5.92 Å². The monoisotopic (exact) mass is 458 g/mol. The maximum absolute atomic E-state index is 12.8. The minimum absolute atomic E-state index is 0.00478. The van der Waals surface area contributed by atoms with Crippen molar-refractivity contribution in [3.8, 4) is 5.75 Å². The Labute approximate surface area is 192 Å². The molecule has 0 radical (unpaired) electrons. The first kappa shape index (κ1) is 24.3. The van der Waals surface area contributed by atoms with Crippen molar-refractivity contribution < 1.29 is 23.7 Å². The molecule has 1 aromatic heterocycles. The summed E-state index contributed by atoms with van der Waals surface area (Å²) in [4.78, 5) is 25.1. The Balaban J connectivity index is 1.45. The zero-order valence-corrected chi connectivity index (χ0v) is 19.6. The van der Waals surface area contributed by atoms with Crippen LogP contribution < -0.4 is 10.2 Å². The van der Waals surface area contributed by atoms with Gasteiger partial charge in [0.25, 0.3) is 0 Å². The van der Waals surface area contributed by atoms with Crippen LogP contribution in [0.2, 0.25) is 0 Å². The first-order valence-corrected chi connectivity index (χ1v) is 11.6. The standard InChI is InChI=1S/C25H30O6S/c1-17(14-29-10-11-30-18(2)15-28-3)12-19(26)16-31-20-8-9-24-22(13-20)25(27)21-6-4-5-7-23(21)32-24/h4-9,13,17-18H,10-12,14-16H2,1-3H3. The van der Waals surface area contributed by atoms with Gasteiger partial charge in [0.05, 0.1) is 25.9 Å². The van der Waals surface area contributed by atoms with Crippen molar-refractivity contribution in [2.24, 2.45) is 5.92 Å². The summed E-state index contributed by atoms with van der Waals surface area (Å²) in [6.07, 6.45) is 0.403. The van der Waals surface area contributed by atoms with Gasteiger partial charge in [-0.05, 0) is 43.2 Å². The van der Waals surface area contributed by atoms with Crippen molar-refractivity contribution in [2.45, 2.75) is 26.4 Å². The number of benzene rings is 2. The third-order valence-electron chi connectivity index (χ3n) is 4.96. The molecule has 0 saturated heterocycles. The summed E-state index contributed by atoms with van der Waals surface area (Å²) >= 11 is 1.57. The molecule has 0 aliphatic rings. The number of rotatable bonds is 13. The normalized spacial score (nSPS) is 13.3. The van der Waals surface area contributed by atoms with Gasteiger partial charge in [-0.15, -0.1) is 11.3 Å². The molecule has 0 spiro atoms. The third-order valence-corrected chi connectivity index (χ3v) is 6.11. The van der Waals surface area contributed by atoms with Gasteiger partial charge in [0.15, 0.2) is 11.2 Å². The molecule has 172 valence electrons. The number of ether oxygens (including phenoxy) is 4. The van der Waals surface area contributed by atoms with Crippen LogP contribution in [0.15, 0.2) is 47.3 Å². The molecule has 3 aromatic rings. The summed E-state index contributed by atoms with van der Waals surface area (Å²) in [6.45, 7) is 5.90. The van der Waals surface area contributed by atoms with Gasteiger partial charge in [0.1, 0.15) is 12.4 Å². The fourth-order valence-corrected chi connectivity index (χ4v) is 4.47. The maximum atomic E-state index is 12.8. The maximum Gasteiger partial charge on any atom is 0.196 e. The predicted octanol–water partition coefficient (Wildman–Crippen LogP) is 4.46. The molecule has 1 heterocycles. The number of hydrogen-bond acceptors (Lipinski definition) is 7. The van der Waals surface area contributed by atoms with Crippen LogP contribution in [0.5, 0.6) is 5.75 Å². The summed E-state index contributed by atoms with van der Waals surface area (Å²) in [5.41, 5.74) is -0.0162. The molecule has 0 fully saturated rings. The van der Waals surface area contributed by atoms with Gasteiger partial charge in [-0.3, -0.25) is 9.59 Å². The Morgan fingerprint density at radius 1 is 1.00 bits per heavy atom. The van der Waals surface area contributed by atoms with E-state index in [0.717, 1.165) is 9.40 Å². The SMILES string of the molecule is COCC(C)OCCOCC(C)CC(=O)COc1ccc2sc3ccccc3c(=O)c2c1. The lowest BCUT2D eigenvalue weighted by Gasteiger charge is -2.14. The van der Waals surface area contributed by atoms with Crippen LogP contribution in [-0.2, 0) is 19.0 Å². The Hall–Kier alpha value is -2.32. The van der Waals surface area contributed by atoms with E-state index in [-0.39, 0.29) is 29.8 Å². The second kappa shape index (κ2) is 12.1. The number of carbonyl (C=O) groups excluding carboxylic acids is 1. The first-order valence-electron chi connectivity index (χ1n) is 10.8. The van der Waals surface area contributed by atoms with Gasteiger partial charge in [-0.25, -0.2) is 0 Å². The number of fused-ring (bicyclic) bond motifs is 2. The molecule has 0 saturated carbocycles. The molecular formula is C25H30O6S. The van der Waals surface area contributed by atoms with Crippen molar-refractivity contribution in [2.75, 3.05) is 40.1 Å². The summed E-state index contributed by atoms with van der Waals surface area (Å²) in [5.74, 6) is 0.604. The van der Waals surface area contributed by atoms with Gasteiger partial charge in [0.2, 0.25) is 0 Å². The highest BCUT2D eigenvalue weighted by Crippen LogP contribution is 2.27. The van der Waals surface area contributed by atoms with E-state index in [1.165, 1.54) is 0 Å². The highest BCUT2D eigenvalue weighted by atomic mass is 32.1. The molecule has 32 heavy (non-hydrogen) atoms. The molecule has 0 aliphatic carbocycles. The number of methoxy groups -OCH3 is 1. The number of ketones is 1. The van der Waals surface area contributed by atoms with Crippen molar-refractivity contribution in [1.29, 1.82) is 0 Å². The summed E-state index contributed by atoms with van der Waals surface area (Å²) in [6, 6.07) is 13.0. The summed E-state index contributed by atoms with van der Waals surface area (Å²) in [7, 11) is 1.64. The van der Waals surface area contributed by atoms with Gasteiger partial charge in [-0.2, -0.15) is 0 Å². The summed E-state index contributed by atoms with van der Waals surface area (Å²) in [5, 5.41) is 1.31. The van der Waals surface area contributed by atoms with E-state index < -0.39 is 0 Å². The molecule has 2 atom stereocenters. The molecule has 3 rings (SSSR count). The molecule has 6 nitrogen and oxygen atoms in total. The second-order valence-corrected chi connectivity index (χ2v) is 9.02. The van der Waals surface area contributed by atoms with Gasteiger partial charge in [0, 0.05) is 40.3 Å². The summed E-state index contributed by atoms with van der Waals surface area (Å²) < 4.78 is 23.7. The van der Waals surface area contributed by atoms with Gasteiger partial charge in [-0.1, -0.05) is 19.1 Å². The Kier molecular flexibility index (Phi) is 9.17. The molecule has 7 heteroatoms. The van der Waals surface area contributed by atoms with E-state index in [1.807, 2.05) is 44.2 Å². The number of hydrogen-bond donors (Lipinski definition) is 0. The lowest BCUT2D eigenvalue weighted by atomic mass is 10.1. The van der Waals surface area contributed by atoms with E-state index in [1.54, 1.807) is 30.6 Å². The lowest BCUT2D eigenvalue weighted by molar-refractivity contribution is -0.122. The zero-order valence-electron chi connectivity index (χ0n) is 18.8. The van der Waals surface area contributed by atoms with Gasteiger partial charge >= 0.3 is 0 Å². The van der Waals surface area contributed by atoms with Crippen LogP contribution >= 0.6 is 11.3 Å². The average molecular weight is 459 g/mol. The molecule has 2 unspecified atom stereocenters. The molecule has 0 amide bonds. The van der Waals surface area contributed by atoms with E-state index >= 15 is 0 Å². The minimum Gasteiger partial charge on any atom is -0.486 e. The topological polar surface area (TPSA) is 71.1 Å². The Bertz CT molecular complexity index is 1090. The van der Waals surface area contributed by atoms with Crippen molar-refractivity contribution in [1.82, 2.24) is 0 Å².